The van der Waals surface area contributed by atoms with Crippen LogP contribution in [-0.4, -0.2) is 5.84 Å². The number of aliphatic imine (C=N–C) groups is 1. The van der Waals surface area contributed by atoms with Crippen LogP contribution in [0.3, 0.4) is 0 Å². The summed E-state index contributed by atoms with van der Waals surface area (Å²) in [6.07, 6.45) is 7.87. The molecule has 2 aliphatic rings. The molecule has 0 aromatic heterocycles. The smallest absolute Gasteiger partial charge is 0.146 e. The number of halogens is 1. The molecular weight excluding hydrogens is 390 g/mol. The van der Waals surface area contributed by atoms with Crippen LogP contribution in [0.15, 0.2) is 71.4 Å². The third-order valence-electron chi connectivity index (χ3n) is 5.92. The van der Waals surface area contributed by atoms with Gasteiger partial charge in [0.15, 0.2) is 0 Å². The lowest BCUT2D eigenvalue weighted by Crippen LogP contribution is -2.36. The molecule has 2 aromatic carbocycles. The van der Waals surface area contributed by atoms with Crippen molar-refractivity contribution in [1.82, 2.24) is 10.6 Å². The molecule has 156 valence electrons. The second-order valence-electron chi connectivity index (χ2n) is 8.10. The Balaban J connectivity index is 1.62. The second-order valence-corrected chi connectivity index (χ2v) is 8.54. The molecule has 0 bridgehead atoms. The summed E-state index contributed by atoms with van der Waals surface area (Å²) in [5.41, 5.74) is 7.19. The lowest BCUT2D eigenvalue weighted by atomic mass is 9.92. The van der Waals surface area contributed by atoms with E-state index in [1.54, 1.807) is 0 Å². The van der Waals surface area contributed by atoms with Crippen molar-refractivity contribution in [3.63, 3.8) is 0 Å². The number of allylic oxidation sites excluding steroid dienone is 1. The third kappa shape index (κ3) is 4.62. The van der Waals surface area contributed by atoms with E-state index in [1.807, 2.05) is 24.3 Å². The first kappa shape index (κ1) is 20.7. The Labute approximate surface area is 185 Å². The Morgan fingerprint density at radius 1 is 1.13 bits per heavy atom. The molecule has 4 rings (SSSR count). The molecule has 1 aliphatic carbocycles. The Bertz CT molecular complexity index is 972. The molecular formula is C26H30ClN3. The van der Waals surface area contributed by atoms with Crippen molar-refractivity contribution >= 4 is 23.1 Å². The molecule has 0 saturated carbocycles. The predicted molar refractivity (Wildman–Crippen MR) is 127 cm³/mol. The summed E-state index contributed by atoms with van der Waals surface area (Å²) in [5.74, 6) is 0.957. The van der Waals surface area contributed by atoms with Crippen molar-refractivity contribution < 1.29 is 0 Å². The normalized spacial score (nSPS) is 18.3. The quantitative estimate of drug-likeness (QED) is 0.541. The Morgan fingerprint density at radius 2 is 1.90 bits per heavy atom. The van der Waals surface area contributed by atoms with Crippen LogP contribution in [0.4, 0.5) is 0 Å². The van der Waals surface area contributed by atoms with Crippen molar-refractivity contribution in [2.75, 3.05) is 0 Å². The molecule has 0 spiro atoms. The Kier molecular flexibility index (Phi) is 6.59. The van der Waals surface area contributed by atoms with Gasteiger partial charge in [-0.1, -0.05) is 67.9 Å². The van der Waals surface area contributed by atoms with Crippen LogP contribution in [0.25, 0.3) is 5.70 Å². The Hall–Kier alpha value is -2.52. The maximum Gasteiger partial charge on any atom is 0.146 e. The van der Waals surface area contributed by atoms with Crippen molar-refractivity contribution in [2.45, 2.75) is 58.0 Å². The molecule has 1 heterocycles. The van der Waals surface area contributed by atoms with Gasteiger partial charge in [0, 0.05) is 27.6 Å². The molecule has 2 N–H and O–H groups in total. The predicted octanol–water partition coefficient (Wildman–Crippen LogP) is 6.77. The number of rotatable bonds is 6. The van der Waals surface area contributed by atoms with Crippen LogP contribution in [0.2, 0.25) is 5.02 Å². The SMILES string of the molecule is C=C(NC1=NC(c2ccc(Cl)cc2)NC2=C1CCCC2)c1ccccc1CCCC. The van der Waals surface area contributed by atoms with Crippen molar-refractivity contribution in [3.8, 4) is 0 Å². The summed E-state index contributed by atoms with van der Waals surface area (Å²) in [6.45, 7) is 6.61. The van der Waals surface area contributed by atoms with Gasteiger partial charge in [-0.3, -0.25) is 0 Å². The zero-order valence-corrected chi connectivity index (χ0v) is 18.4. The maximum absolute atomic E-state index is 6.09. The van der Waals surface area contributed by atoms with Gasteiger partial charge in [0.25, 0.3) is 0 Å². The highest BCUT2D eigenvalue weighted by Crippen LogP contribution is 2.32. The van der Waals surface area contributed by atoms with Crippen LogP contribution in [-0.2, 0) is 6.42 Å². The highest BCUT2D eigenvalue weighted by molar-refractivity contribution is 6.30. The first-order valence-corrected chi connectivity index (χ1v) is 11.4. The van der Waals surface area contributed by atoms with Gasteiger partial charge < -0.3 is 10.6 Å². The number of hydrogen-bond acceptors (Lipinski definition) is 3. The standard InChI is InChI=1S/C26H30ClN3/c1-3-4-9-19-10-5-6-11-22(19)18(2)28-26-23-12-7-8-13-24(23)29-25(30-26)20-14-16-21(27)17-15-20/h5-6,10-11,14-17,25,29H,2-4,7-9,12-13H2,1H3,(H,28,30). The van der Waals surface area contributed by atoms with Gasteiger partial charge in [-0.25, -0.2) is 4.99 Å². The van der Waals surface area contributed by atoms with Crippen molar-refractivity contribution in [3.05, 3.63) is 88.1 Å². The number of nitrogens with one attached hydrogen (secondary N) is 2. The molecule has 0 amide bonds. The number of hydrogen-bond donors (Lipinski definition) is 2. The van der Waals surface area contributed by atoms with Gasteiger partial charge in [0.1, 0.15) is 12.0 Å². The lowest BCUT2D eigenvalue weighted by Gasteiger charge is -2.32. The maximum atomic E-state index is 6.09. The zero-order chi connectivity index (χ0) is 20.9. The molecule has 30 heavy (non-hydrogen) atoms. The molecule has 2 aromatic rings. The zero-order valence-electron chi connectivity index (χ0n) is 17.7. The molecule has 0 radical (unpaired) electrons. The Morgan fingerprint density at radius 3 is 2.70 bits per heavy atom. The number of amidine groups is 1. The van der Waals surface area contributed by atoms with E-state index in [0.717, 1.165) is 41.4 Å². The van der Waals surface area contributed by atoms with Crippen LogP contribution >= 0.6 is 11.6 Å². The molecule has 0 fully saturated rings. The number of aryl methyl sites for hydroxylation is 1. The van der Waals surface area contributed by atoms with E-state index in [-0.39, 0.29) is 6.17 Å². The highest BCUT2D eigenvalue weighted by atomic mass is 35.5. The van der Waals surface area contributed by atoms with E-state index in [0.29, 0.717) is 0 Å². The minimum absolute atomic E-state index is 0.107. The summed E-state index contributed by atoms with van der Waals surface area (Å²) in [4.78, 5) is 5.06. The van der Waals surface area contributed by atoms with E-state index >= 15 is 0 Å². The molecule has 1 atom stereocenters. The van der Waals surface area contributed by atoms with Crippen molar-refractivity contribution in [1.29, 1.82) is 0 Å². The van der Waals surface area contributed by atoms with E-state index < -0.39 is 0 Å². The monoisotopic (exact) mass is 419 g/mol. The molecule has 0 saturated heterocycles. The van der Waals surface area contributed by atoms with Gasteiger partial charge in [-0.15, -0.1) is 0 Å². The number of unbranched alkanes of at least 4 members (excludes halogenated alkanes) is 1. The van der Waals surface area contributed by atoms with Crippen LogP contribution in [0.5, 0.6) is 0 Å². The largest absolute Gasteiger partial charge is 0.363 e. The average molecular weight is 420 g/mol. The van der Waals surface area contributed by atoms with Gasteiger partial charge in [-0.05, 0) is 61.8 Å². The summed E-state index contributed by atoms with van der Waals surface area (Å²) in [6, 6.07) is 16.5. The van der Waals surface area contributed by atoms with Gasteiger partial charge in [0.2, 0.25) is 0 Å². The van der Waals surface area contributed by atoms with Crippen LogP contribution in [0.1, 0.15) is 68.3 Å². The summed E-state index contributed by atoms with van der Waals surface area (Å²) < 4.78 is 0. The number of benzene rings is 2. The molecule has 1 unspecified atom stereocenters. The topological polar surface area (TPSA) is 36.4 Å². The van der Waals surface area contributed by atoms with E-state index in [9.17, 15) is 0 Å². The van der Waals surface area contributed by atoms with Crippen LogP contribution < -0.4 is 10.6 Å². The third-order valence-corrected chi connectivity index (χ3v) is 6.17. The highest BCUT2D eigenvalue weighted by Gasteiger charge is 2.26. The molecule has 1 aliphatic heterocycles. The minimum atomic E-state index is -0.107. The van der Waals surface area contributed by atoms with Crippen LogP contribution in [0, 0.1) is 0 Å². The second kappa shape index (κ2) is 9.53. The van der Waals surface area contributed by atoms with Gasteiger partial charge in [-0.2, -0.15) is 0 Å². The summed E-state index contributed by atoms with van der Waals surface area (Å²) in [5, 5.41) is 7.99. The summed E-state index contributed by atoms with van der Waals surface area (Å²) >= 11 is 6.09. The van der Waals surface area contributed by atoms with E-state index in [2.05, 4.69) is 48.4 Å². The van der Waals surface area contributed by atoms with E-state index in [1.165, 1.54) is 48.1 Å². The number of nitrogens with zero attached hydrogens (tertiary/aromatic N) is 1. The minimum Gasteiger partial charge on any atom is -0.363 e. The fourth-order valence-electron chi connectivity index (χ4n) is 4.25. The van der Waals surface area contributed by atoms with Gasteiger partial charge >= 0.3 is 0 Å². The lowest BCUT2D eigenvalue weighted by molar-refractivity contribution is 0.543. The molecule has 3 nitrogen and oxygen atoms in total. The van der Waals surface area contributed by atoms with Gasteiger partial charge in [0.05, 0.1) is 0 Å². The van der Waals surface area contributed by atoms with E-state index in [4.69, 9.17) is 16.6 Å². The first-order chi connectivity index (χ1) is 14.7. The molecule has 4 heteroatoms. The average Bonchev–Trinajstić information content (AvgIpc) is 2.78. The first-order valence-electron chi connectivity index (χ1n) is 11.0. The fourth-order valence-corrected chi connectivity index (χ4v) is 4.38. The fraction of sp³-hybridized carbons (Fsp3) is 0.346. The van der Waals surface area contributed by atoms with Crippen molar-refractivity contribution in [2.24, 2.45) is 4.99 Å². The summed E-state index contributed by atoms with van der Waals surface area (Å²) in [7, 11) is 0.